The van der Waals surface area contributed by atoms with E-state index in [1.807, 2.05) is 19.3 Å². The summed E-state index contributed by atoms with van der Waals surface area (Å²) in [6.45, 7) is 1.98. The van der Waals surface area contributed by atoms with Crippen LogP contribution in [0.25, 0.3) is 0 Å². The van der Waals surface area contributed by atoms with Crippen molar-refractivity contribution in [2.45, 2.75) is 32.2 Å². The second kappa shape index (κ2) is 3.42. The van der Waals surface area contributed by atoms with E-state index in [0.717, 1.165) is 11.4 Å². The molecule has 2 N–H and O–H groups in total. The summed E-state index contributed by atoms with van der Waals surface area (Å²) in [5, 5.41) is 0. The summed E-state index contributed by atoms with van der Waals surface area (Å²) in [6, 6.07) is 0.0503. The van der Waals surface area contributed by atoms with Crippen molar-refractivity contribution in [2.24, 2.45) is 11.7 Å². The van der Waals surface area contributed by atoms with Crippen LogP contribution in [-0.2, 0) is 0 Å². The Hall–Kier alpha value is -0.960. The van der Waals surface area contributed by atoms with Gasteiger partial charge in [0.2, 0.25) is 0 Å². The summed E-state index contributed by atoms with van der Waals surface area (Å²) in [4.78, 5) is 8.49. The molecule has 1 atom stereocenters. The minimum atomic E-state index is 0.0503. The molecule has 0 radical (unpaired) electrons. The first-order valence-electron chi connectivity index (χ1n) is 4.81. The van der Waals surface area contributed by atoms with Gasteiger partial charge < -0.3 is 5.73 Å². The van der Waals surface area contributed by atoms with Gasteiger partial charge >= 0.3 is 0 Å². The molecule has 0 saturated heterocycles. The van der Waals surface area contributed by atoms with Crippen molar-refractivity contribution in [2.75, 3.05) is 0 Å². The molecule has 1 unspecified atom stereocenters. The van der Waals surface area contributed by atoms with Crippen molar-refractivity contribution < 1.29 is 0 Å². The Labute approximate surface area is 78.4 Å². The Morgan fingerprint density at radius 2 is 2.00 bits per heavy atom. The SMILES string of the molecule is Cc1cnc(C(N)C2CCC2)nc1. The molecule has 1 saturated carbocycles. The fourth-order valence-electron chi connectivity index (χ4n) is 1.58. The fraction of sp³-hybridized carbons (Fsp3) is 0.600. The second-order valence-electron chi connectivity index (χ2n) is 3.84. The smallest absolute Gasteiger partial charge is 0.145 e. The molecule has 0 amide bonds. The zero-order chi connectivity index (χ0) is 9.26. The Morgan fingerprint density at radius 1 is 1.38 bits per heavy atom. The summed E-state index contributed by atoms with van der Waals surface area (Å²) >= 11 is 0. The van der Waals surface area contributed by atoms with E-state index >= 15 is 0 Å². The van der Waals surface area contributed by atoms with Gasteiger partial charge in [0.1, 0.15) is 5.82 Å². The van der Waals surface area contributed by atoms with Crippen molar-refractivity contribution in [3.05, 3.63) is 23.8 Å². The van der Waals surface area contributed by atoms with Crippen molar-refractivity contribution in [1.29, 1.82) is 0 Å². The lowest BCUT2D eigenvalue weighted by molar-refractivity contribution is 0.257. The molecule has 1 fully saturated rings. The van der Waals surface area contributed by atoms with Crippen LogP contribution in [0.15, 0.2) is 12.4 Å². The average Bonchev–Trinajstić information content (AvgIpc) is 2.02. The first-order valence-corrected chi connectivity index (χ1v) is 4.81. The molecule has 1 aromatic rings. The number of hydrogen-bond acceptors (Lipinski definition) is 3. The summed E-state index contributed by atoms with van der Waals surface area (Å²) in [5.74, 6) is 1.41. The lowest BCUT2D eigenvalue weighted by Crippen LogP contribution is -2.28. The van der Waals surface area contributed by atoms with Gasteiger partial charge in [-0.3, -0.25) is 0 Å². The topological polar surface area (TPSA) is 51.8 Å². The molecular weight excluding hydrogens is 162 g/mol. The molecule has 13 heavy (non-hydrogen) atoms. The van der Waals surface area contributed by atoms with E-state index in [1.165, 1.54) is 19.3 Å². The Bertz CT molecular complexity index is 277. The lowest BCUT2D eigenvalue weighted by Gasteiger charge is -2.30. The molecule has 0 spiro atoms. The number of nitrogens with two attached hydrogens (primary N) is 1. The average molecular weight is 177 g/mol. The molecule has 3 nitrogen and oxygen atoms in total. The highest BCUT2D eigenvalue weighted by Crippen LogP contribution is 2.34. The Morgan fingerprint density at radius 3 is 2.46 bits per heavy atom. The summed E-state index contributed by atoms with van der Waals surface area (Å²) in [6.07, 6.45) is 7.45. The quantitative estimate of drug-likeness (QED) is 0.746. The number of rotatable bonds is 2. The van der Waals surface area contributed by atoms with Crippen molar-refractivity contribution in [3.8, 4) is 0 Å². The molecule has 0 aliphatic heterocycles. The Balaban J connectivity index is 2.10. The second-order valence-corrected chi connectivity index (χ2v) is 3.84. The van der Waals surface area contributed by atoms with Crippen LogP contribution in [0, 0.1) is 12.8 Å². The monoisotopic (exact) mass is 177 g/mol. The first-order chi connectivity index (χ1) is 6.27. The highest BCUT2D eigenvalue weighted by atomic mass is 14.9. The molecule has 1 aromatic heterocycles. The summed E-state index contributed by atoms with van der Waals surface area (Å²) in [5.41, 5.74) is 7.11. The van der Waals surface area contributed by atoms with Gasteiger partial charge in [-0.15, -0.1) is 0 Å². The predicted octanol–water partition coefficient (Wildman–Crippen LogP) is 1.58. The lowest BCUT2D eigenvalue weighted by atomic mass is 9.80. The minimum absolute atomic E-state index is 0.0503. The zero-order valence-electron chi connectivity index (χ0n) is 7.90. The summed E-state index contributed by atoms with van der Waals surface area (Å²) < 4.78 is 0. The molecule has 70 valence electrons. The van der Waals surface area contributed by atoms with E-state index in [1.54, 1.807) is 0 Å². The van der Waals surface area contributed by atoms with Crippen molar-refractivity contribution >= 4 is 0 Å². The van der Waals surface area contributed by atoms with Gasteiger partial charge in [0.15, 0.2) is 0 Å². The third-order valence-corrected chi connectivity index (χ3v) is 2.76. The summed E-state index contributed by atoms with van der Waals surface area (Å²) in [7, 11) is 0. The molecule has 0 aromatic carbocycles. The van der Waals surface area contributed by atoms with Crippen LogP contribution in [-0.4, -0.2) is 9.97 Å². The highest BCUT2D eigenvalue weighted by Gasteiger charge is 2.26. The van der Waals surface area contributed by atoms with Gasteiger partial charge in [-0.25, -0.2) is 9.97 Å². The van der Waals surface area contributed by atoms with Gasteiger partial charge in [0.05, 0.1) is 6.04 Å². The van der Waals surface area contributed by atoms with Crippen LogP contribution < -0.4 is 5.73 Å². The number of aryl methyl sites for hydroxylation is 1. The normalized spacial score (nSPS) is 19.5. The zero-order valence-corrected chi connectivity index (χ0v) is 7.90. The van der Waals surface area contributed by atoms with Crippen molar-refractivity contribution in [1.82, 2.24) is 9.97 Å². The fourth-order valence-corrected chi connectivity index (χ4v) is 1.58. The molecular formula is C10H15N3. The minimum Gasteiger partial charge on any atom is -0.321 e. The maximum absolute atomic E-state index is 6.03. The standard InChI is InChI=1S/C10H15N3/c1-7-5-12-10(13-6-7)9(11)8-3-2-4-8/h5-6,8-9H,2-4,11H2,1H3. The van der Waals surface area contributed by atoms with Gasteiger partial charge in [0.25, 0.3) is 0 Å². The van der Waals surface area contributed by atoms with Crippen LogP contribution in [0.1, 0.15) is 36.7 Å². The van der Waals surface area contributed by atoms with Crippen molar-refractivity contribution in [3.63, 3.8) is 0 Å². The van der Waals surface area contributed by atoms with Crippen LogP contribution >= 0.6 is 0 Å². The molecule has 0 bridgehead atoms. The molecule has 1 aliphatic rings. The molecule has 1 heterocycles. The number of nitrogens with zero attached hydrogens (tertiary/aromatic N) is 2. The molecule has 2 rings (SSSR count). The van der Waals surface area contributed by atoms with Crippen LogP contribution in [0.3, 0.4) is 0 Å². The van der Waals surface area contributed by atoms with E-state index in [2.05, 4.69) is 9.97 Å². The highest BCUT2D eigenvalue weighted by molar-refractivity contribution is 5.05. The van der Waals surface area contributed by atoms with E-state index in [0.29, 0.717) is 5.92 Å². The van der Waals surface area contributed by atoms with E-state index in [9.17, 15) is 0 Å². The molecule has 1 aliphatic carbocycles. The van der Waals surface area contributed by atoms with E-state index in [4.69, 9.17) is 5.73 Å². The maximum atomic E-state index is 6.03. The van der Waals surface area contributed by atoms with Gasteiger partial charge in [-0.2, -0.15) is 0 Å². The van der Waals surface area contributed by atoms with E-state index in [-0.39, 0.29) is 6.04 Å². The third-order valence-electron chi connectivity index (χ3n) is 2.76. The van der Waals surface area contributed by atoms with Gasteiger partial charge in [-0.05, 0) is 31.2 Å². The van der Waals surface area contributed by atoms with E-state index < -0.39 is 0 Å². The largest absolute Gasteiger partial charge is 0.321 e. The third kappa shape index (κ3) is 1.70. The van der Waals surface area contributed by atoms with Gasteiger partial charge in [0, 0.05) is 12.4 Å². The maximum Gasteiger partial charge on any atom is 0.145 e. The predicted molar refractivity (Wildman–Crippen MR) is 51.0 cm³/mol. The van der Waals surface area contributed by atoms with Gasteiger partial charge in [-0.1, -0.05) is 6.42 Å². The first kappa shape index (κ1) is 8.63. The Kier molecular flexibility index (Phi) is 2.27. The van der Waals surface area contributed by atoms with Crippen LogP contribution in [0.2, 0.25) is 0 Å². The molecule has 3 heteroatoms. The van der Waals surface area contributed by atoms with Crippen LogP contribution in [0.5, 0.6) is 0 Å². The number of aromatic nitrogens is 2. The van der Waals surface area contributed by atoms with Crippen LogP contribution in [0.4, 0.5) is 0 Å². The number of hydrogen-bond donors (Lipinski definition) is 1.